The van der Waals surface area contributed by atoms with Gasteiger partial charge in [0, 0.05) is 6.20 Å². The standard InChI is InChI=1S/C15H14ClF3N2/c1-10-7-8-20-14(16)13(10)21-12(9-15(17,18)19)11-5-3-2-4-6-11/h2-8,12,21H,9H2,1H3. The lowest BCUT2D eigenvalue weighted by Gasteiger charge is -2.23. The van der Waals surface area contributed by atoms with E-state index in [-0.39, 0.29) is 5.15 Å². The summed E-state index contributed by atoms with van der Waals surface area (Å²) in [7, 11) is 0. The molecule has 6 heteroatoms. The first-order chi connectivity index (χ1) is 9.87. The van der Waals surface area contributed by atoms with Crippen LogP contribution in [0.2, 0.25) is 5.15 Å². The van der Waals surface area contributed by atoms with Gasteiger partial charge >= 0.3 is 6.18 Å². The average molecular weight is 315 g/mol. The van der Waals surface area contributed by atoms with E-state index in [1.54, 1.807) is 43.3 Å². The number of aromatic nitrogens is 1. The van der Waals surface area contributed by atoms with Crippen LogP contribution in [-0.4, -0.2) is 11.2 Å². The Bertz CT molecular complexity index is 579. The molecule has 2 aromatic rings. The number of hydrogen-bond acceptors (Lipinski definition) is 2. The van der Waals surface area contributed by atoms with E-state index >= 15 is 0 Å². The van der Waals surface area contributed by atoms with E-state index in [9.17, 15) is 13.2 Å². The van der Waals surface area contributed by atoms with Crippen LogP contribution in [0.4, 0.5) is 18.9 Å². The normalized spacial score (nSPS) is 13.0. The smallest absolute Gasteiger partial charge is 0.375 e. The highest BCUT2D eigenvalue weighted by atomic mass is 35.5. The first-order valence-electron chi connectivity index (χ1n) is 6.36. The predicted octanol–water partition coefficient (Wildman–Crippen LogP) is 5.15. The van der Waals surface area contributed by atoms with Gasteiger partial charge in [-0.1, -0.05) is 41.9 Å². The van der Waals surface area contributed by atoms with E-state index in [0.29, 0.717) is 11.3 Å². The van der Waals surface area contributed by atoms with Gasteiger partial charge in [-0.2, -0.15) is 13.2 Å². The van der Waals surface area contributed by atoms with Gasteiger partial charge in [-0.3, -0.25) is 0 Å². The van der Waals surface area contributed by atoms with E-state index in [2.05, 4.69) is 10.3 Å². The van der Waals surface area contributed by atoms with Crippen molar-refractivity contribution >= 4 is 17.3 Å². The lowest BCUT2D eigenvalue weighted by atomic mass is 10.0. The zero-order valence-corrected chi connectivity index (χ0v) is 12.0. The van der Waals surface area contributed by atoms with Crippen molar-refractivity contribution in [3.05, 3.63) is 58.9 Å². The molecule has 2 nitrogen and oxygen atoms in total. The summed E-state index contributed by atoms with van der Waals surface area (Å²) in [6.45, 7) is 1.77. The second kappa shape index (κ2) is 6.35. The minimum Gasteiger partial charge on any atom is -0.375 e. The van der Waals surface area contributed by atoms with Crippen LogP contribution >= 0.6 is 11.6 Å². The van der Waals surface area contributed by atoms with Gasteiger partial charge in [0.05, 0.1) is 18.2 Å². The van der Waals surface area contributed by atoms with Crippen LogP contribution in [-0.2, 0) is 0 Å². The number of pyridine rings is 1. The third-order valence-corrected chi connectivity index (χ3v) is 3.36. The molecule has 0 aliphatic rings. The zero-order chi connectivity index (χ0) is 15.5. The number of alkyl halides is 3. The molecular formula is C15H14ClF3N2. The van der Waals surface area contributed by atoms with Gasteiger partial charge in [0.25, 0.3) is 0 Å². The summed E-state index contributed by atoms with van der Waals surface area (Å²) in [6.07, 6.45) is -3.75. The van der Waals surface area contributed by atoms with E-state index in [4.69, 9.17) is 11.6 Å². The summed E-state index contributed by atoms with van der Waals surface area (Å²) in [6, 6.07) is 9.27. The molecule has 1 N–H and O–H groups in total. The number of hydrogen-bond donors (Lipinski definition) is 1. The monoisotopic (exact) mass is 314 g/mol. The largest absolute Gasteiger partial charge is 0.391 e. The van der Waals surface area contributed by atoms with E-state index < -0.39 is 18.6 Å². The molecule has 0 saturated heterocycles. The van der Waals surface area contributed by atoms with Gasteiger partial charge in [-0.05, 0) is 24.1 Å². The molecule has 1 atom stereocenters. The second-order valence-corrected chi connectivity index (χ2v) is 5.08. The molecule has 0 bridgehead atoms. The van der Waals surface area contributed by atoms with Crippen LogP contribution in [0.3, 0.4) is 0 Å². The average Bonchev–Trinajstić information content (AvgIpc) is 2.41. The summed E-state index contributed by atoms with van der Waals surface area (Å²) >= 11 is 5.98. The minimum atomic E-state index is -4.28. The molecule has 0 aliphatic carbocycles. The van der Waals surface area contributed by atoms with Crippen LogP contribution in [0, 0.1) is 6.92 Å². The number of nitrogens with zero attached hydrogens (tertiary/aromatic N) is 1. The Morgan fingerprint density at radius 3 is 2.43 bits per heavy atom. The first kappa shape index (κ1) is 15.6. The summed E-state index contributed by atoms with van der Waals surface area (Å²) in [5, 5.41) is 3.04. The second-order valence-electron chi connectivity index (χ2n) is 4.72. The minimum absolute atomic E-state index is 0.165. The molecule has 0 amide bonds. The zero-order valence-electron chi connectivity index (χ0n) is 11.3. The van der Waals surface area contributed by atoms with E-state index in [1.165, 1.54) is 6.20 Å². The molecule has 1 aromatic heterocycles. The highest BCUT2D eigenvalue weighted by molar-refractivity contribution is 6.32. The Morgan fingerprint density at radius 2 is 1.86 bits per heavy atom. The molecule has 0 radical (unpaired) electrons. The molecule has 0 spiro atoms. The summed E-state index contributed by atoms with van der Waals surface area (Å²) < 4.78 is 38.4. The van der Waals surface area contributed by atoms with Crippen molar-refractivity contribution in [1.82, 2.24) is 4.98 Å². The fraction of sp³-hybridized carbons (Fsp3) is 0.267. The maximum Gasteiger partial charge on any atom is 0.391 e. The molecule has 0 saturated carbocycles. The molecule has 1 unspecified atom stereocenters. The van der Waals surface area contributed by atoms with E-state index in [1.807, 2.05) is 0 Å². The summed E-state index contributed by atoms with van der Waals surface area (Å²) in [5.74, 6) is 0. The van der Waals surface area contributed by atoms with Crippen molar-refractivity contribution in [2.45, 2.75) is 25.6 Å². The van der Waals surface area contributed by atoms with Crippen LogP contribution in [0.5, 0.6) is 0 Å². The third-order valence-electron chi connectivity index (χ3n) is 3.07. The van der Waals surface area contributed by atoms with Crippen molar-refractivity contribution in [3.63, 3.8) is 0 Å². The van der Waals surface area contributed by atoms with Crippen LogP contribution < -0.4 is 5.32 Å². The predicted molar refractivity (Wildman–Crippen MR) is 77.5 cm³/mol. The third kappa shape index (κ3) is 4.36. The molecule has 21 heavy (non-hydrogen) atoms. The number of nitrogens with one attached hydrogen (secondary N) is 1. The SMILES string of the molecule is Cc1ccnc(Cl)c1NC(CC(F)(F)F)c1ccccc1. The van der Waals surface area contributed by atoms with Gasteiger partial charge in [-0.25, -0.2) is 4.98 Å². The molecule has 0 fully saturated rings. The van der Waals surface area contributed by atoms with Gasteiger partial charge in [0.1, 0.15) is 0 Å². The highest BCUT2D eigenvalue weighted by Gasteiger charge is 2.33. The van der Waals surface area contributed by atoms with Crippen molar-refractivity contribution in [3.8, 4) is 0 Å². The molecule has 2 rings (SSSR count). The summed E-state index contributed by atoms with van der Waals surface area (Å²) in [4.78, 5) is 3.90. The van der Waals surface area contributed by atoms with Crippen molar-refractivity contribution in [2.75, 3.05) is 5.32 Å². The quantitative estimate of drug-likeness (QED) is 0.789. The van der Waals surface area contributed by atoms with Crippen LogP contribution in [0.15, 0.2) is 42.6 Å². The van der Waals surface area contributed by atoms with E-state index in [0.717, 1.165) is 5.56 Å². The van der Waals surface area contributed by atoms with Crippen molar-refractivity contribution in [1.29, 1.82) is 0 Å². The maximum atomic E-state index is 12.8. The number of aryl methyl sites for hydroxylation is 1. The molecule has 0 aliphatic heterocycles. The Balaban J connectivity index is 2.33. The highest BCUT2D eigenvalue weighted by Crippen LogP contribution is 2.34. The fourth-order valence-electron chi connectivity index (χ4n) is 2.04. The van der Waals surface area contributed by atoms with Crippen LogP contribution in [0.25, 0.3) is 0 Å². The Labute approximate surface area is 126 Å². The Hall–Kier alpha value is -1.75. The van der Waals surface area contributed by atoms with Gasteiger partial charge in [-0.15, -0.1) is 0 Å². The number of halogens is 4. The molecular weight excluding hydrogens is 301 g/mol. The molecule has 1 aromatic carbocycles. The Kier molecular flexibility index (Phi) is 4.73. The molecule has 112 valence electrons. The Morgan fingerprint density at radius 1 is 1.19 bits per heavy atom. The van der Waals surface area contributed by atoms with Crippen molar-refractivity contribution < 1.29 is 13.2 Å². The van der Waals surface area contributed by atoms with Crippen LogP contribution in [0.1, 0.15) is 23.6 Å². The maximum absolute atomic E-state index is 12.8. The summed E-state index contributed by atoms with van der Waals surface area (Å²) in [5.41, 5.74) is 1.73. The van der Waals surface area contributed by atoms with Gasteiger partial charge < -0.3 is 5.32 Å². The van der Waals surface area contributed by atoms with Gasteiger partial charge in [0.15, 0.2) is 5.15 Å². The number of rotatable bonds is 4. The fourth-order valence-corrected chi connectivity index (χ4v) is 2.30. The topological polar surface area (TPSA) is 24.9 Å². The number of anilines is 1. The lowest BCUT2D eigenvalue weighted by Crippen LogP contribution is -2.20. The van der Waals surface area contributed by atoms with Crippen molar-refractivity contribution in [2.24, 2.45) is 0 Å². The number of benzene rings is 1. The van der Waals surface area contributed by atoms with Gasteiger partial charge in [0.2, 0.25) is 0 Å². The first-order valence-corrected chi connectivity index (χ1v) is 6.74. The molecule has 1 heterocycles. The lowest BCUT2D eigenvalue weighted by molar-refractivity contribution is -0.137.